The van der Waals surface area contributed by atoms with Gasteiger partial charge in [-0.25, -0.2) is 0 Å². The maximum atomic E-state index is 12.8. The van der Waals surface area contributed by atoms with Crippen LogP contribution >= 0.6 is 0 Å². The number of esters is 3. The Kier molecular flexibility index (Phi) is 46.6. The normalized spacial score (nSPS) is 13.0. The molecular formula is C56H90O6. The Morgan fingerprint density at radius 2 is 0.710 bits per heavy atom. The summed E-state index contributed by atoms with van der Waals surface area (Å²) in [5, 5.41) is 0. The van der Waals surface area contributed by atoms with E-state index in [4.69, 9.17) is 14.2 Å². The van der Waals surface area contributed by atoms with Crippen LogP contribution < -0.4 is 0 Å². The molecule has 0 saturated heterocycles. The number of allylic oxidation sites excluding steroid dienone is 18. The van der Waals surface area contributed by atoms with Gasteiger partial charge in [-0.2, -0.15) is 0 Å². The monoisotopic (exact) mass is 859 g/mol. The summed E-state index contributed by atoms with van der Waals surface area (Å²) in [4.78, 5) is 37.9. The predicted molar refractivity (Wildman–Crippen MR) is 265 cm³/mol. The molecule has 0 aliphatic rings. The van der Waals surface area contributed by atoms with Gasteiger partial charge in [-0.1, -0.05) is 214 Å². The van der Waals surface area contributed by atoms with Crippen molar-refractivity contribution in [2.24, 2.45) is 0 Å². The van der Waals surface area contributed by atoms with Crippen molar-refractivity contribution in [3.05, 3.63) is 109 Å². The maximum absolute atomic E-state index is 12.8. The second-order valence-electron chi connectivity index (χ2n) is 16.1. The van der Waals surface area contributed by atoms with Crippen LogP contribution in [0, 0.1) is 0 Å². The Morgan fingerprint density at radius 1 is 0.355 bits per heavy atom. The number of rotatable bonds is 43. The first kappa shape index (κ1) is 58.1. The van der Waals surface area contributed by atoms with Gasteiger partial charge < -0.3 is 14.2 Å². The lowest BCUT2D eigenvalue weighted by Gasteiger charge is -2.18. The van der Waals surface area contributed by atoms with Gasteiger partial charge in [0.1, 0.15) is 13.2 Å². The first-order chi connectivity index (χ1) is 30.5. The molecule has 0 aliphatic carbocycles. The lowest BCUT2D eigenvalue weighted by atomic mass is 10.1. The molecule has 0 heterocycles. The summed E-state index contributed by atoms with van der Waals surface area (Å²) in [6.07, 6.45) is 66.4. The van der Waals surface area contributed by atoms with Crippen LogP contribution in [-0.4, -0.2) is 37.2 Å². The van der Waals surface area contributed by atoms with E-state index >= 15 is 0 Å². The third-order valence-electron chi connectivity index (χ3n) is 10.1. The molecule has 0 aromatic heterocycles. The Balaban J connectivity index is 4.47. The molecule has 0 spiro atoms. The fourth-order valence-corrected chi connectivity index (χ4v) is 6.42. The molecule has 0 saturated carbocycles. The summed E-state index contributed by atoms with van der Waals surface area (Å²) in [6.45, 7) is 6.31. The van der Waals surface area contributed by atoms with Crippen LogP contribution in [0.25, 0.3) is 0 Å². The van der Waals surface area contributed by atoms with Gasteiger partial charge in [0.2, 0.25) is 0 Å². The van der Waals surface area contributed by atoms with Gasteiger partial charge >= 0.3 is 17.9 Å². The predicted octanol–water partition coefficient (Wildman–Crippen LogP) is 16.4. The van der Waals surface area contributed by atoms with E-state index in [1.807, 2.05) is 24.3 Å². The second kappa shape index (κ2) is 49.7. The first-order valence-corrected chi connectivity index (χ1v) is 24.9. The zero-order chi connectivity index (χ0) is 45.1. The van der Waals surface area contributed by atoms with Gasteiger partial charge in [-0.15, -0.1) is 0 Å². The smallest absolute Gasteiger partial charge is 0.306 e. The molecule has 1 atom stereocenters. The molecule has 0 bridgehead atoms. The minimum atomic E-state index is -0.803. The molecule has 1 unspecified atom stereocenters. The lowest BCUT2D eigenvalue weighted by molar-refractivity contribution is -0.167. The molecule has 0 fully saturated rings. The molecule has 6 heteroatoms. The molecule has 350 valence electrons. The average molecular weight is 859 g/mol. The minimum Gasteiger partial charge on any atom is -0.462 e. The molecule has 0 N–H and O–H groups in total. The van der Waals surface area contributed by atoms with Crippen LogP contribution in [0.5, 0.6) is 0 Å². The molecule has 0 aromatic rings. The van der Waals surface area contributed by atoms with Gasteiger partial charge in [0.15, 0.2) is 6.10 Å². The van der Waals surface area contributed by atoms with Gasteiger partial charge in [-0.3, -0.25) is 14.4 Å². The average Bonchev–Trinajstić information content (AvgIpc) is 3.27. The second-order valence-corrected chi connectivity index (χ2v) is 16.1. The Bertz CT molecular complexity index is 1310. The van der Waals surface area contributed by atoms with E-state index in [1.165, 1.54) is 44.9 Å². The Hall–Kier alpha value is -3.93. The molecular weight excluding hydrogens is 769 g/mol. The number of ether oxygens (including phenoxy) is 3. The van der Waals surface area contributed by atoms with Crippen molar-refractivity contribution >= 4 is 17.9 Å². The third kappa shape index (κ3) is 47.1. The van der Waals surface area contributed by atoms with E-state index < -0.39 is 6.10 Å². The molecule has 0 radical (unpaired) electrons. The van der Waals surface area contributed by atoms with Gasteiger partial charge in [0.05, 0.1) is 0 Å². The fourth-order valence-electron chi connectivity index (χ4n) is 6.42. The minimum absolute atomic E-state index is 0.0994. The number of carbonyl (C=O) groups excluding carboxylic acids is 3. The van der Waals surface area contributed by atoms with Crippen LogP contribution in [-0.2, 0) is 28.6 Å². The lowest BCUT2D eigenvalue weighted by Crippen LogP contribution is -2.30. The summed E-state index contributed by atoms with van der Waals surface area (Å²) < 4.78 is 16.7. The zero-order valence-electron chi connectivity index (χ0n) is 39.8. The highest BCUT2D eigenvalue weighted by Gasteiger charge is 2.19. The summed E-state index contributed by atoms with van der Waals surface area (Å²) in [7, 11) is 0. The SMILES string of the molecule is CC\C=C/C=C\C=C/C=C\CCCCCCCC(=O)OC(COC(=O)CCCCC/C=C\C/C=C\C/C=C\C/C=C\C/C=C\CC)COC(=O)CCCCCCCCCCCC. The van der Waals surface area contributed by atoms with Crippen LogP contribution in [0.15, 0.2) is 109 Å². The van der Waals surface area contributed by atoms with Crippen LogP contribution in [0.3, 0.4) is 0 Å². The highest BCUT2D eigenvalue weighted by molar-refractivity contribution is 5.71. The Morgan fingerprint density at radius 3 is 1.19 bits per heavy atom. The zero-order valence-corrected chi connectivity index (χ0v) is 39.8. The van der Waals surface area contributed by atoms with Gasteiger partial charge in [0.25, 0.3) is 0 Å². The number of unbranched alkanes of at least 4 members (excludes halogenated alkanes) is 17. The van der Waals surface area contributed by atoms with E-state index in [0.29, 0.717) is 19.3 Å². The van der Waals surface area contributed by atoms with E-state index in [0.717, 1.165) is 122 Å². The molecule has 0 rings (SSSR count). The highest BCUT2D eigenvalue weighted by Crippen LogP contribution is 2.13. The van der Waals surface area contributed by atoms with Crippen molar-refractivity contribution in [2.75, 3.05) is 13.2 Å². The van der Waals surface area contributed by atoms with E-state index in [1.54, 1.807) is 0 Å². The Labute approximate surface area is 380 Å². The first-order valence-electron chi connectivity index (χ1n) is 24.9. The van der Waals surface area contributed by atoms with Crippen LogP contribution in [0.1, 0.15) is 207 Å². The van der Waals surface area contributed by atoms with E-state index in [2.05, 4.69) is 106 Å². The summed E-state index contributed by atoms with van der Waals surface area (Å²) in [5.74, 6) is -0.965. The summed E-state index contributed by atoms with van der Waals surface area (Å²) >= 11 is 0. The molecule has 0 amide bonds. The standard InChI is InChI=1S/C56H90O6/c1-4-7-10-13-16-19-22-24-26-27-28-29-31-32-34-37-40-43-46-49-55(58)61-52-53(51-60-54(57)48-45-42-39-36-21-18-15-12-9-6-3)62-56(59)50-47-44-41-38-35-33-30-25-23-20-17-14-11-8-5-2/h7-8,10-11,14,16-17,19-20,23-26,28-30,32,34,53H,4-6,9,12-13,15,18,21-22,27,31,33,35-52H2,1-3H3/b10-7-,11-8-,17-14-,19-16-,23-20-,26-24-,29-28-,30-25-,34-32-. The summed E-state index contributed by atoms with van der Waals surface area (Å²) in [6, 6.07) is 0. The maximum Gasteiger partial charge on any atom is 0.306 e. The van der Waals surface area contributed by atoms with Crippen molar-refractivity contribution < 1.29 is 28.6 Å². The van der Waals surface area contributed by atoms with Gasteiger partial charge in [-0.05, 0) is 83.5 Å². The fraction of sp³-hybridized carbons (Fsp3) is 0.625. The van der Waals surface area contributed by atoms with Crippen molar-refractivity contribution in [3.63, 3.8) is 0 Å². The van der Waals surface area contributed by atoms with Crippen LogP contribution in [0.2, 0.25) is 0 Å². The molecule has 6 nitrogen and oxygen atoms in total. The van der Waals surface area contributed by atoms with Crippen molar-refractivity contribution in [1.29, 1.82) is 0 Å². The quantitative estimate of drug-likeness (QED) is 0.0200. The molecule has 62 heavy (non-hydrogen) atoms. The topological polar surface area (TPSA) is 78.9 Å². The highest BCUT2D eigenvalue weighted by atomic mass is 16.6. The summed E-state index contributed by atoms with van der Waals surface area (Å²) in [5.41, 5.74) is 0. The molecule has 0 aliphatic heterocycles. The largest absolute Gasteiger partial charge is 0.462 e. The van der Waals surface area contributed by atoms with Crippen molar-refractivity contribution in [2.45, 2.75) is 213 Å². The van der Waals surface area contributed by atoms with Gasteiger partial charge in [0, 0.05) is 19.3 Å². The van der Waals surface area contributed by atoms with E-state index in [9.17, 15) is 14.4 Å². The van der Waals surface area contributed by atoms with E-state index in [-0.39, 0.29) is 31.1 Å². The number of hydrogen-bond acceptors (Lipinski definition) is 6. The van der Waals surface area contributed by atoms with Crippen molar-refractivity contribution in [3.8, 4) is 0 Å². The van der Waals surface area contributed by atoms with Crippen LogP contribution in [0.4, 0.5) is 0 Å². The molecule has 0 aromatic carbocycles. The number of hydrogen-bond donors (Lipinski definition) is 0. The third-order valence-corrected chi connectivity index (χ3v) is 10.1. The number of carbonyl (C=O) groups is 3. The van der Waals surface area contributed by atoms with Crippen molar-refractivity contribution in [1.82, 2.24) is 0 Å².